The van der Waals surface area contributed by atoms with Gasteiger partial charge >= 0.3 is 0 Å². The molecule has 4 rings (SSSR count). The van der Waals surface area contributed by atoms with Crippen molar-refractivity contribution in [3.8, 4) is 0 Å². The molecule has 1 fully saturated rings. The third-order valence-electron chi connectivity index (χ3n) is 5.54. The Labute approximate surface area is 165 Å². The summed E-state index contributed by atoms with van der Waals surface area (Å²) in [4.78, 5) is 32.6. The van der Waals surface area contributed by atoms with Crippen molar-refractivity contribution in [2.45, 2.75) is 32.2 Å². The molecule has 3 aromatic rings. The number of nitrogens with zero attached hydrogens (tertiary/aromatic N) is 2. The molecule has 1 saturated heterocycles. The van der Waals surface area contributed by atoms with Crippen LogP contribution in [0.1, 0.15) is 36.5 Å². The van der Waals surface area contributed by atoms with Crippen molar-refractivity contribution in [1.29, 1.82) is 0 Å². The number of para-hydroxylation sites is 2. The highest BCUT2D eigenvalue weighted by molar-refractivity contribution is 6.06. The van der Waals surface area contributed by atoms with E-state index in [1.54, 1.807) is 6.20 Å². The van der Waals surface area contributed by atoms with Crippen LogP contribution in [-0.4, -0.2) is 40.8 Å². The van der Waals surface area contributed by atoms with Crippen LogP contribution in [0.3, 0.4) is 0 Å². The van der Waals surface area contributed by atoms with E-state index in [1.807, 2.05) is 71.3 Å². The van der Waals surface area contributed by atoms with Crippen LogP contribution in [0.15, 0.2) is 60.8 Å². The number of anilines is 1. The molecule has 0 aliphatic carbocycles. The van der Waals surface area contributed by atoms with Gasteiger partial charge in [-0.05, 0) is 31.0 Å². The SMILES string of the molecule is CCC(=O)N(c1ccccc1)C1CCN(C(=O)c2c[nH]c3ccccc23)CC1. The summed E-state index contributed by atoms with van der Waals surface area (Å²) in [5.41, 5.74) is 2.64. The van der Waals surface area contributed by atoms with Crippen LogP contribution in [0.4, 0.5) is 5.69 Å². The molecule has 1 aliphatic heterocycles. The van der Waals surface area contributed by atoms with E-state index in [-0.39, 0.29) is 17.9 Å². The van der Waals surface area contributed by atoms with E-state index in [0.29, 0.717) is 19.5 Å². The number of amides is 2. The lowest BCUT2D eigenvalue weighted by molar-refractivity contribution is -0.119. The van der Waals surface area contributed by atoms with Gasteiger partial charge in [0.2, 0.25) is 5.91 Å². The van der Waals surface area contributed by atoms with Crippen molar-refractivity contribution in [3.63, 3.8) is 0 Å². The molecule has 5 heteroatoms. The average Bonchev–Trinajstić information content (AvgIpc) is 3.19. The Hall–Kier alpha value is -3.08. The van der Waals surface area contributed by atoms with Gasteiger partial charge in [0.1, 0.15) is 0 Å². The molecule has 1 aliphatic rings. The summed E-state index contributed by atoms with van der Waals surface area (Å²) >= 11 is 0. The van der Waals surface area contributed by atoms with E-state index < -0.39 is 0 Å². The highest BCUT2D eigenvalue weighted by atomic mass is 16.2. The Morgan fingerprint density at radius 1 is 1.04 bits per heavy atom. The summed E-state index contributed by atoms with van der Waals surface area (Å²) in [6.45, 7) is 3.21. The second-order valence-corrected chi connectivity index (χ2v) is 7.22. The second kappa shape index (κ2) is 7.89. The topological polar surface area (TPSA) is 56.4 Å². The van der Waals surface area contributed by atoms with Crippen LogP contribution in [0, 0.1) is 0 Å². The zero-order valence-electron chi connectivity index (χ0n) is 16.1. The van der Waals surface area contributed by atoms with Gasteiger partial charge in [0.15, 0.2) is 0 Å². The number of fused-ring (bicyclic) bond motifs is 1. The smallest absolute Gasteiger partial charge is 0.256 e. The Balaban J connectivity index is 1.49. The number of hydrogen-bond donors (Lipinski definition) is 1. The molecule has 0 spiro atoms. The summed E-state index contributed by atoms with van der Waals surface area (Å²) in [7, 11) is 0. The minimum Gasteiger partial charge on any atom is -0.360 e. The lowest BCUT2D eigenvalue weighted by atomic mass is 10.0. The first-order chi connectivity index (χ1) is 13.7. The van der Waals surface area contributed by atoms with Crippen LogP contribution in [0.25, 0.3) is 10.9 Å². The van der Waals surface area contributed by atoms with Crippen molar-refractivity contribution in [1.82, 2.24) is 9.88 Å². The average molecular weight is 375 g/mol. The van der Waals surface area contributed by atoms with E-state index in [1.165, 1.54) is 0 Å². The number of carbonyl (C=O) groups excluding carboxylic acids is 2. The third kappa shape index (κ3) is 3.40. The van der Waals surface area contributed by atoms with Crippen molar-refractivity contribution in [2.75, 3.05) is 18.0 Å². The minimum atomic E-state index is 0.0592. The van der Waals surface area contributed by atoms with Crippen molar-refractivity contribution < 1.29 is 9.59 Å². The molecule has 0 unspecified atom stereocenters. The predicted molar refractivity (Wildman–Crippen MR) is 111 cm³/mol. The Morgan fingerprint density at radius 2 is 1.71 bits per heavy atom. The number of piperidine rings is 1. The molecule has 5 nitrogen and oxygen atoms in total. The Kier molecular flexibility index (Phi) is 5.15. The highest BCUT2D eigenvalue weighted by Crippen LogP contribution is 2.26. The fraction of sp³-hybridized carbons (Fsp3) is 0.304. The molecule has 0 saturated carbocycles. The summed E-state index contributed by atoms with van der Waals surface area (Å²) in [5, 5.41) is 0.960. The van der Waals surface area contributed by atoms with E-state index in [2.05, 4.69) is 4.98 Å². The van der Waals surface area contributed by atoms with Gasteiger partial charge in [0.25, 0.3) is 5.91 Å². The van der Waals surface area contributed by atoms with E-state index in [9.17, 15) is 9.59 Å². The van der Waals surface area contributed by atoms with Crippen molar-refractivity contribution >= 4 is 28.4 Å². The van der Waals surface area contributed by atoms with Gasteiger partial charge in [-0.25, -0.2) is 0 Å². The molecule has 2 aromatic carbocycles. The Bertz CT molecular complexity index is 972. The molecular formula is C23H25N3O2. The normalized spacial score (nSPS) is 15.0. The van der Waals surface area contributed by atoms with Gasteiger partial charge in [-0.1, -0.05) is 43.3 Å². The molecule has 1 aromatic heterocycles. The molecule has 144 valence electrons. The number of aromatic nitrogens is 1. The predicted octanol–water partition coefficient (Wildman–Crippen LogP) is 4.22. The zero-order valence-corrected chi connectivity index (χ0v) is 16.1. The molecule has 2 heterocycles. The highest BCUT2D eigenvalue weighted by Gasteiger charge is 2.30. The second-order valence-electron chi connectivity index (χ2n) is 7.22. The third-order valence-corrected chi connectivity index (χ3v) is 5.54. The number of H-pyrrole nitrogens is 1. The summed E-state index contributed by atoms with van der Waals surface area (Å²) < 4.78 is 0. The molecular weight excluding hydrogens is 350 g/mol. The van der Waals surface area contributed by atoms with Crippen LogP contribution >= 0.6 is 0 Å². The maximum absolute atomic E-state index is 13.0. The van der Waals surface area contributed by atoms with Crippen LogP contribution in [0.5, 0.6) is 0 Å². The maximum Gasteiger partial charge on any atom is 0.256 e. The minimum absolute atomic E-state index is 0.0592. The largest absolute Gasteiger partial charge is 0.360 e. The molecule has 28 heavy (non-hydrogen) atoms. The van der Waals surface area contributed by atoms with Crippen LogP contribution in [-0.2, 0) is 4.79 Å². The fourth-order valence-electron chi connectivity index (χ4n) is 4.06. The first kappa shape index (κ1) is 18.3. The first-order valence-electron chi connectivity index (χ1n) is 9.91. The van der Waals surface area contributed by atoms with E-state index in [4.69, 9.17) is 0 Å². The number of nitrogens with one attached hydrogen (secondary N) is 1. The monoisotopic (exact) mass is 375 g/mol. The van der Waals surface area contributed by atoms with Crippen LogP contribution < -0.4 is 4.90 Å². The fourth-order valence-corrected chi connectivity index (χ4v) is 4.06. The number of rotatable bonds is 4. The lowest BCUT2D eigenvalue weighted by Crippen LogP contribution is -2.49. The van der Waals surface area contributed by atoms with Gasteiger partial charge in [0.05, 0.1) is 5.56 Å². The van der Waals surface area contributed by atoms with Gasteiger partial charge < -0.3 is 14.8 Å². The molecule has 0 radical (unpaired) electrons. The molecule has 2 amide bonds. The first-order valence-corrected chi connectivity index (χ1v) is 9.91. The summed E-state index contributed by atoms with van der Waals surface area (Å²) in [5.74, 6) is 0.191. The lowest BCUT2D eigenvalue weighted by Gasteiger charge is -2.38. The van der Waals surface area contributed by atoms with Gasteiger partial charge in [-0.2, -0.15) is 0 Å². The number of likely N-dealkylation sites (tertiary alicyclic amines) is 1. The van der Waals surface area contributed by atoms with Crippen LogP contribution in [0.2, 0.25) is 0 Å². The van der Waals surface area contributed by atoms with Gasteiger partial charge in [-0.3, -0.25) is 9.59 Å². The standard InChI is InChI=1S/C23H25N3O2/c1-2-22(27)26(17-8-4-3-5-9-17)18-12-14-25(15-13-18)23(28)20-16-24-21-11-7-6-10-19(20)21/h3-11,16,18,24H,2,12-15H2,1H3. The van der Waals surface area contributed by atoms with Crippen molar-refractivity contribution in [2.24, 2.45) is 0 Å². The number of aromatic amines is 1. The zero-order chi connectivity index (χ0) is 19.5. The maximum atomic E-state index is 13.0. The molecule has 1 N–H and O–H groups in total. The number of carbonyl (C=O) groups is 2. The summed E-state index contributed by atoms with van der Waals surface area (Å²) in [6.07, 6.45) is 3.85. The quantitative estimate of drug-likeness (QED) is 0.742. The van der Waals surface area contributed by atoms with Crippen molar-refractivity contribution in [3.05, 3.63) is 66.4 Å². The Morgan fingerprint density at radius 3 is 2.43 bits per heavy atom. The van der Waals surface area contributed by atoms with Gasteiger partial charge in [0, 0.05) is 48.3 Å². The summed E-state index contributed by atoms with van der Waals surface area (Å²) in [6, 6.07) is 17.8. The van der Waals surface area contributed by atoms with Gasteiger partial charge in [-0.15, -0.1) is 0 Å². The molecule has 0 atom stereocenters. The number of benzene rings is 2. The van der Waals surface area contributed by atoms with E-state index >= 15 is 0 Å². The number of hydrogen-bond acceptors (Lipinski definition) is 2. The van der Waals surface area contributed by atoms with E-state index in [0.717, 1.165) is 35.0 Å². The molecule has 0 bridgehead atoms.